The first kappa shape index (κ1) is 25.5. The molecule has 0 aromatic carbocycles. The van der Waals surface area contributed by atoms with Gasteiger partial charge in [0.25, 0.3) is 0 Å². The zero-order valence-electron chi connectivity index (χ0n) is 13.6. The molecule has 0 fully saturated rings. The quantitative estimate of drug-likeness (QED) is 0.208. The molecule has 0 spiro atoms. The van der Waals surface area contributed by atoms with E-state index in [0.29, 0.717) is 3.70 Å². The zero-order valence-corrected chi connectivity index (χ0v) is 17.9. The number of methoxy groups -OCH3 is 2. The van der Waals surface area contributed by atoms with Crippen LogP contribution in [0.25, 0.3) is 0 Å². The zero-order chi connectivity index (χ0) is 17.4. The topological polar surface area (TPSA) is 119 Å². The van der Waals surface area contributed by atoms with Gasteiger partial charge in [0.1, 0.15) is 15.2 Å². The maximum absolute atomic E-state index is 10.9. The number of ether oxygens (including phenoxy) is 2. The summed E-state index contributed by atoms with van der Waals surface area (Å²) in [6.07, 6.45) is 3.92. The number of carbonyl (C=O) groups excluding carboxylic acids is 2. The maximum Gasteiger partial charge on any atom is 0.339 e. The summed E-state index contributed by atoms with van der Waals surface area (Å²) in [6.45, 7) is 0. The summed E-state index contributed by atoms with van der Waals surface area (Å²) in [7, 11) is 2.55. The molecule has 0 saturated heterocycles. The fourth-order valence-corrected chi connectivity index (χ4v) is 1.62. The van der Waals surface area contributed by atoms with Crippen LogP contribution in [0.15, 0.2) is 30.7 Å². The molecule has 0 radical (unpaired) electrons. The van der Waals surface area contributed by atoms with E-state index >= 15 is 0 Å². The monoisotopic (exact) mass is 574 g/mol. The number of rotatable bonds is 2. The molecule has 0 atom stereocenters. The minimum atomic E-state index is -0.506. The molecule has 2 N–H and O–H groups in total. The standard InChI is InChI=1S/C7H6INO3.C7H7NO3.CH3.HI/c1-12-7(11)4-2-5(10)6(8)9-3-4;1-11-7(10)5-2-6(9)4-8-3-5;;/h2-3,10H,1H3;2-4,9H,1H3;1H3;1H/q;;-1;/p-1. The van der Waals surface area contributed by atoms with Crippen LogP contribution >= 0.6 is 22.6 Å². The Labute approximate surface area is 175 Å². The fourth-order valence-electron chi connectivity index (χ4n) is 1.32. The second-order valence-electron chi connectivity index (χ2n) is 3.95. The van der Waals surface area contributed by atoms with Crippen LogP contribution < -0.4 is 24.0 Å². The Balaban J connectivity index is 0. The molecule has 0 aliphatic carbocycles. The van der Waals surface area contributed by atoms with Crippen molar-refractivity contribution in [2.75, 3.05) is 14.2 Å². The van der Waals surface area contributed by atoms with Gasteiger partial charge in [-0.05, 0) is 34.7 Å². The highest BCUT2D eigenvalue weighted by molar-refractivity contribution is 14.1. The van der Waals surface area contributed by atoms with Gasteiger partial charge in [-0.25, -0.2) is 14.6 Å². The molecule has 10 heteroatoms. The Bertz CT molecular complexity index is 712. The summed E-state index contributed by atoms with van der Waals surface area (Å²) in [5.41, 5.74) is 0.489. The maximum atomic E-state index is 10.9. The first-order valence-electron chi connectivity index (χ1n) is 6.04. The smallest absolute Gasteiger partial charge is 0.339 e. The van der Waals surface area contributed by atoms with Crippen molar-refractivity contribution in [3.63, 3.8) is 0 Å². The van der Waals surface area contributed by atoms with Crippen LogP contribution in [0.1, 0.15) is 20.7 Å². The number of pyridine rings is 2. The van der Waals surface area contributed by atoms with Gasteiger partial charge in [0.05, 0.1) is 31.5 Å². The molecule has 2 aromatic heterocycles. The summed E-state index contributed by atoms with van der Waals surface area (Å²) >= 11 is 1.86. The molecule has 0 aliphatic heterocycles. The van der Waals surface area contributed by atoms with Crippen LogP contribution in [-0.2, 0) is 9.47 Å². The summed E-state index contributed by atoms with van der Waals surface area (Å²) < 4.78 is 9.30. The third-order valence-corrected chi connectivity index (χ3v) is 3.22. The molecule has 2 heterocycles. The number of hydrogen-bond acceptors (Lipinski definition) is 8. The van der Waals surface area contributed by atoms with E-state index in [4.69, 9.17) is 10.2 Å². The summed E-state index contributed by atoms with van der Waals surface area (Å²) in [6, 6.07) is 2.61. The van der Waals surface area contributed by atoms with Gasteiger partial charge in [-0.2, -0.15) is 0 Å². The van der Waals surface area contributed by atoms with Gasteiger partial charge >= 0.3 is 11.9 Å². The Morgan fingerprint density at radius 1 is 1.00 bits per heavy atom. The normalized spacial score (nSPS) is 8.60. The van der Waals surface area contributed by atoms with E-state index in [0.717, 1.165) is 0 Å². The molecule has 138 valence electrons. The van der Waals surface area contributed by atoms with Gasteiger partial charge in [0.2, 0.25) is 0 Å². The average Bonchev–Trinajstić information content (AvgIpc) is 2.56. The third-order valence-electron chi connectivity index (χ3n) is 2.39. The minimum Gasteiger partial charge on any atom is -1.00 e. The highest BCUT2D eigenvalue weighted by atomic mass is 127. The summed E-state index contributed by atoms with van der Waals surface area (Å²) in [5.74, 6) is -1.07. The van der Waals surface area contributed by atoms with Crippen molar-refractivity contribution in [2.24, 2.45) is 0 Å². The van der Waals surface area contributed by atoms with Gasteiger partial charge in [0.15, 0.2) is 0 Å². The number of aromatic hydroxyl groups is 2. The average molecular weight is 574 g/mol. The Morgan fingerprint density at radius 3 is 1.96 bits per heavy atom. The van der Waals surface area contributed by atoms with Crippen molar-refractivity contribution in [1.29, 1.82) is 0 Å². The molecule has 8 nitrogen and oxygen atoms in total. The van der Waals surface area contributed by atoms with E-state index in [1.54, 1.807) is 0 Å². The molecule has 0 unspecified atom stereocenters. The van der Waals surface area contributed by atoms with E-state index in [9.17, 15) is 9.59 Å². The predicted octanol–water partition coefficient (Wildman–Crippen LogP) is -0.794. The number of nitrogens with zero attached hydrogens (tertiary/aromatic N) is 2. The summed E-state index contributed by atoms with van der Waals surface area (Å²) in [4.78, 5) is 29.1. The fraction of sp³-hybridized carbons (Fsp3) is 0.133. The van der Waals surface area contributed by atoms with Crippen LogP contribution in [0, 0.1) is 11.1 Å². The number of carbonyl (C=O) groups is 2. The lowest BCUT2D eigenvalue weighted by atomic mass is 10.3. The highest BCUT2D eigenvalue weighted by Crippen LogP contribution is 2.17. The molecule has 2 rings (SSSR count). The first-order chi connectivity index (χ1) is 10.9. The van der Waals surface area contributed by atoms with Crippen LogP contribution in [0.3, 0.4) is 0 Å². The van der Waals surface area contributed by atoms with E-state index in [2.05, 4.69) is 19.4 Å². The molecule has 0 saturated carbocycles. The van der Waals surface area contributed by atoms with E-state index < -0.39 is 11.9 Å². The second-order valence-corrected chi connectivity index (χ2v) is 4.97. The summed E-state index contributed by atoms with van der Waals surface area (Å²) in [5, 5.41) is 18.1. The van der Waals surface area contributed by atoms with Gasteiger partial charge in [-0.15, -0.1) is 0 Å². The minimum absolute atomic E-state index is 0. The van der Waals surface area contributed by atoms with Crippen molar-refractivity contribution in [2.45, 2.75) is 0 Å². The first-order valence-corrected chi connectivity index (χ1v) is 7.12. The lowest BCUT2D eigenvalue weighted by molar-refractivity contribution is -0.0000354. The van der Waals surface area contributed by atoms with Gasteiger partial charge < -0.3 is 51.1 Å². The SMILES string of the molecule is COC(=O)c1cnc(I)c(O)c1.COC(=O)c1cncc(O)c1.[CH3-].[I-]. The number of aromatic nitrogens is 2. The molecule has 0 aliphatic rings. The van der Waals surface area contributed by atoms with Crippen LogP contribution in [0.5, 0.6) is 11.5 Å². The molecule has 0 amide bonds. The molecule has 25 heavy (non-hydrogen) atoms. The number of esters is 2. The van der Waals surface area contributed by atoms with E-state index in [1.807, 2.05) is 22.6 Å². The lowest BCUT2D eigenvalue weighted by Gasteiger charge is -1.99. The van der Waals surface area contributed by atoms with Gasteiger partial charge in [0, 0.05) is 12.4 Å². The van der Waals surface area contributed by atoms with Crippen molar-refractivity contribution < 1.29 is 53.3 Å². The second kappa shape index (κ2) is 12.6. The Hall–Kier alpha value is -1.70. The molecule has 2 aromatic rings. The number of hydrogen-bond donors (Lipinski definition) is 2. The third kappa shape index (κ3) is 8.29. The van der Waals surface area contributed by atoms with Crippen LogP contribution in [-0.4, -0.2) is 46.3 Å². The largest absolute Gasteiger partial charge is 1.00 e. The van der Waals surface area contributed by atoms with Crippen molar-refractivity contribution in [3.8, 4) is 11.5 Å². The molecular weight excluding hydrogens is 558 g/mol. The van der Waals surface area contributed by atoms with Crippen molar-refractivity contribution >= 4 is 34.5 Å². The van der Waals surface area contributed by atoms with Crippen molar-refractivity contribution in [3.05, 3.63) is 53.0 Å². The van der Waals surface area contributed by atoms with Crippen LogP contribution in [0.4, 0.5) is 0 Å². The Morgan fingerprint density at radius 2 is 1.52 bits per heavy atom. The highest BCUT2D eigenvalue weighted by Gasteiger charge is 2.08. The van der Waals surface area contributed by atoms with Gasteiger partial charge in [-0.3, -0.25) is 4.98 Å². The Kier molecular flexibility index (Phi) is 12.9. The number of halogens is 2. The van der Waals surface area contributed by atoms with Crippen molar-refractivity contribution in [1.82, 2.24) is 9.97 Å². The van der Waals surface area contributed by atoms with E-state index in [1.165, 1.54) is 44.9 Å². The lowest BCUT2D eigenvalue weighted by Crippen LogP contribution is -3.00. The van der Waals surface area contributed by atoms with Crippen LogP contribution in [0.2, 0.25) is 0 Å². The van der Waals surface area contributed by atoms with Gasteiger partial charge in [-0.1, -0.05) is 0 Å². The molecular formula is C15H16I2N2O6-2. The predicted molar refractivity (Wildman–Crippen MR) is 93.6 cm³/mol. The molecule has 0 bridgehead atoms. The van der Waals surface area contributed by atoms with E-state index in [-0.39, 0.29) is 54.0 Å².